The summed E-state index contributed by atoms with van der Waals surface area (Å²) >= 11 is 0. The maximum Gasteiger partial charge on any atom is 0.282 e. The van der Waals surface area contributed by atoms with Crippen LogP contribution in [0, 0.1) is 37.8 Å². The number of hydrogen-bond donors (Lipinski definition) is 1. The van der Waals surface area contributed by atoms with Crippen molar-refractivity contribution in [3.8, 4) is 0 Å². The zero-order chi connectivity index (χ0) is 23.9. The molecule has 0 spiro atoms. The molecule has 1 aliphatic heterocycles. The molecule has 0 bridgehead atoms. The fourth-order valence-corrected chi connectivity index (χ4v) is 3.81. The van der Waals surface area contributed by atoms with Crippen molar-refractivity contribution in [2.24, 2.45) is 0 Å². The van der Waals surface area contributed by atoms with Crippen LogP contribution in [0.2, 0.25) is 0 Å². The highest BCUT2D eigenvalue weighted by Gasteiger charge is 2.41. The fraction of sp³-hybridized carbons (Fsp3) is 0.154. The van der Waals surface area contributed by atoms with Crippen LogP contribution in [0.1, 0.15) is 27.8 Å². The smallest absolute Gasteiger partial charge is 0.282 e. The predicted molar refractivity (Wildman–Crippen MR) is 128 cm³/mol. The molecule has 3 aromatic rings. The molecule has 1 heterocycles. The maximum atomic E-state index is 13.6. The van der Waals surface area contributed by atoms with E-state index in [9.17, 15) is 19.7 Å². The summed E-state index contributed by atoms with van der Waals surface area (Å²) in [5, 5.41) is 14.2. The summed E-state index contributed by atoms with van der Waals surface area (Å²) in [7, 11) is 0. The number of nitrogens with zero attached hydrogens (tertiary/aromatic N) is 2. The molecule has 0 aromatic heterocycles. The minimum atomic E-state index is -0.504. The number of imide groups is 1. The molecule has 0 radical (unpaired) electrons. The highest BCUT2D eigenvalue weighted by Crippen LogP contribution is 2.36. The Bertz CT molecular complexity index is 1340. The highest BCUT2D eigenvalue weighted by atomic mass is 16.6. The first-order chi connectivity index (χ1) is 15.7. The topological polar surface area (TPSA) is 92.6 Å². The molecule has 7 nitrogen and oxygen atoms in total. The van der Waals surface area contributed by atoms with E-state index in [4.69, 9.17) is 0 Å². The molecule has 166 valence electrons. The summed E-state index contributed by atoms with van der Waals surface area (Å²) < 4.78 is 0. The number of non-ortho nitro benzene ring substituents is 1. The number of rotatable bonds is 5. The zero-order valence-electron chi connectivity index (χ0n) is 18.8. The highest BCUT2D eigenvalue weighted by molar-refractivity contribution is 6.46. The summed E-state index contributed by atoms with van der Waals surface area (Å²) in [4.78, 5) is 38.9. The zero-order valence-corrected chi connectivity index (χ0v) is 18.8. The first kappa shape index (κ1) is 22.0. The minimum Gasteiger partial charge on any atom is -0.350 e. The Morgan fingerprint density at radius 3 is 2.09 bits per heavy atom. The monoisotopic (exact) mass is 441 g/mol. The van der Waals surface area contributed by atoms with Gasteiger partial charge in [0.1, 0.15) is 5.70 Å². The van der Waals surface area contributed by atoms with Gasteiger partial charge in [-0.15, -0.1) is 0 Å². The van der Waals surface area contributed by atoms with E-state index in [1.165, 1.54) is 29.2 Å². The van der Waals surface area contributed by atoms with E-state index in [1.54, 1.807) is 6.07 Å². The average Bonchev–Trinajstić information content (AvgIpc) is 3.02. The SMILES string of the molecule is Cc1ccc(C)c(N2C(=O)C(Nc3ccc(C)c(C)c3)=C(c3ccc([N+](=O)[O-])cc3)C2=O)c1. The van der Waals surface area contributed by atoms with Crippen LogP contribution in [0.4, 0.5) is 17.1 Å². The van der Waals surface area contributed by atoms with E-state index in [-0.39, 0.29) is 17.0 Å². The van der Waals surface area contributed by atoms with E-state index in [0.717, 1.165) is 22.3 Å². The molecule has 0 fully saturated rings. The number of aryl methyl sites for hydroxylation is 4. The Balaban J connectivity index is 1.85. The Labute approximate surface area is 191 Å². The Hall–Kier alpha value is -4.26. The Kier molecular flexibility index (Phi) is 5.55. The van der Waals surface area contributed by atoms with E-state index < -0.39 is 16.7 Å². The van der Waals surface area contributed by atoms with Crippen molar-refractivity contribution in [2.45, 2.75) is 27.7 Å². The van der Waals surface area contributed by atoms with Gasteiger partial charge in [0.2, 0.25) is 0 Å². The van der Waals surface area contributed by atoms with Crippen molar-refractivity contribution in [2.75, 3.05) is 10.2 Å². The number of hydrogen-bond acceptors (Lipinski definition) is 5. The quantitative estimate of drug-likeness (QED) is 0.333. The molecule has 0 unspecified atom stereocenters. The number of anilines is 2. The molecule has 33 heavy (non-hydrogen) atoms. The van der Waals surface area contributed by atoms with Crippen LogP contribution >= 0.6 is 0 Å². The van der Waals surface area contributed by atoms with Crippen molar-refractivity contribution in [1.82, 2.24) is 0 Å². The van der Waals surface area contributed by atoms with Crippen molar-refractivity contribution >= 4 is 34.4 Å². The number of nitrogens with one attached hydrogen (secondary N) is 1. The van der Waals surface area contributed by atoms with Crippen molar-refractivity contribution < 1.29 is 14.5 Å². The van der Waals surface area contributed by atoms with E-state index in [0.29, 0.717) is 16.9 Å². The van der Waals surface area contributed by atoms with Crippen LogP contribution in [-0.4, -0.2) is 16.7 Å². The minimum absolute atomic E-state index is 0.0915. The second-order valence-electron chi connectivity index (χ2n) is 8.21. The summed E-state index contributed by atoms with van der Waals surface area (Å²) in [5.41, 5.74) is 5.70. The Morgan fingerprint density at radius 2 is 1.45 bits per heavy atom. The van der Waals surface area contributed by atoms with Gasteiger partial charge in [-0.1, -0.05) is 18.2 Å². The molecule has 7 heteroatoms. The molecule has 1 aliphatic rings. The van der Waals surface area contributed by atoms with Crippen molar-refractivity contribution in [3.05, 3.63) is 104 Å². The van der Waals surface area contributed by atoms with Crippen LogP contribution in [0.3, 0.4) is 0 Å². The van der Waals surface area contributed by atoms with Gasteiger partial charge in [-0.3, -0.25) is 19.7 Å². The number of amides is 2. The van der Waals surface area contributed by atoms with Crippen LogP contribution in [-0.2, 0) is 9.59 Å². The molecular weight excluding hydrogens is 418 g/mol. The number of nitro benzene ring substituents is 1. The lowest BCUT2D eigenvalue weighted by Crippen LogP contribution is -2.33. The number of benzene rings is 3. The molecule has 1 N–H and O–H groups in total. The molecule has 0 aliphatic carbocycles. The van der Waals surface area contributed by atoms with Crippen LogP contribution in [0.25, 0.3) is 5.57 Å². The molecular formula is C26H23N3O4. The van der Waals surface area contributed by atoms with Gasteiger partial charge < -0.3 is 5.32 Å². The van der Waals surface area contributed by atoms with Crippen molar-refractivity contribution in [1.29, 1.82) is 0 Å². The van der Waals surface area contributed by atoms with Crippen LogP contribution in [0.5, 0.6) is 0 Å². The summed E-state index contributed by atoms with van der Waals surface area (Å²) in [6.07, 6.45) is 0. The van der Waals surface area contributed by atoms with Crippen molar-refractivity contribution in [3.63, 3.8) is 0 Å². The third kappa shape index (κ3) is 4.01. The Morgan fingerprint density at radius 1 is 0.788 bits per heavy atom. The lowest BCUT2D eigenvalue weighted by molar-refractivity contribution is -0.384. The van der Waals surface area contributed by atoms with Gasteiger partial charge in [-0.25, -0.2) is 4.90 Å². The lowest BCUT2D eigenvalue weighted by atomic mass is 10.0. The molecule has 3 aromatic carbocycles. The summed E-state index contributed by atoms with van der Waals surface area (Å²) in [5.74, 6) is -0.950. The third-order valence-corrected chi connectivity index (χ3v) is 5.83. The lowest BCUT2D eigenvalue weighted by Gasteiger charge is -2.18. The maximum absolute atomic E-state index is 13.6. The second kappa shape index (κ2) is 8.35. The number of nitro groups is 1. The largest absolute Gasteiger partial charge is 0.350 e. The normalized spacial score (nSPS) is 13.6. The molecule has 0 saturated heterocycles. The van der Waals surface area contributed by atoms with Gasteiger partial charge in [0.05, 0.1) is 16.2 Å². The second-order valence-corrected chi connectivity index (χ2v) is 8.21. The van der Waals surface area contributed by atoms with Gasteiger partial charge >= 0.3 is 0 Å². The predicted octanol–water partition coefficient (Wildman–Crippen LogP) is 5.23. The fourth-order valence-electron chi connectivity index (χ4n) is 3.81. The molecule has 0 atom stereocenters. The first-order valence-electron chi connectivity index (χ1n) is 10.5. The van der Waals surface area contributed by atoms with Gasteiger partial charge in [0, 0.05) is 17.8 Å². The van der Waals surface area contributed by atoms with Gasteiger partial charge in [0.25, 0.3) is 17.5 Å². The van der Waals surface area contributed by atoms with Crippen LogP contribution < -0.4 is 10.2 Å². The molecule has 0 saturated carbocycles. The van der Waals surface area contributed by atoms with E-state index in [1.807, 2.05) is 58.0 Å². The van der Waals surface area contributed by atoms with E-state index in [2.05, 4.69) is 5.32 Å². The van der Waals surface area contributed by atoms with Gasteiger partial charge in [-0.05, 0) is 85.8 Å². The third-order valence-electron chi connectivity index (χ3n) is 5.83. The standard InChI is InChI=1S/C26H23N3O4/c1-15-5-6-17(3)22(13-15)28-25(30)23(19-8-11-21(12-9-19)29(32)33)24(26(28)31)27-20-10-7-16(2)18(4)14-20/h5-14,27H,1-4H3. The molecule has 2 amide bonds. The van der Waals surface area contributed by atoms with Gasteiger partial charge in [0.15, 0.2) is 0 Å². The molecule has 4 rings (SSSR count). The number of carbonyl (C=O) groups excluding carboxylic acids is 2. The van der Waals surface area contributed by atoms with Gasteiger partial charge in [-0.2, -0.15) is 0 Å². The first-order valence-corrected chi connectivity index (χ1v) is 10.5. The van der Waals surface area contributed by atoms with E-state index >= 15 is 0 Å². The average molecular weight is 441 g/mol. The van der Waals surface area contributed by atoms with Crippen LogP contribution in [0.15, 0.2) is 66.4 Å². The summed E-state index contributed by atoms with van der Waals surface area (Å²) in [6.45, 7) is 7.70. The summed E-state index contributed by atoms with van der Waals surface area (Å²) in [6, 6.07) is 16.9. The number of carbonyl (C=O) groups is 2.